The summed E-state index contributed by atoms with van der Waals surface area (Å²) in [5, 5.41) is 9.58. The van der Waals surface area contributed by atoms with Crippen LogP contribution in [0, 0.1) is 0 Å². The molecular formula is C26H33N3O4S. The van der Waals surface area contributed by atoms with Crippen LogP contribution in [0.3, 0.4) is 0 Å². The number of Topliss-reactive ketones (excluding diaryl/α,β-unsaturated/α-hetero) is 1. The molecule has 0 N–H and O–H groups in total. The van der Waals surface area contributed by atoms with E-state index in [-0.39, 0.29) is 5.78 Å². The predicted molar refractivity (Wildman–Crippen MR) is 135 cm³/mol. The number of carbonyl (C=O) groups is 1. The molecule has 0 radical (unpaired) electrons. The first-order chi connectivity index (χ1) is 16.6. The molecule has 0 saturated carbocycles. The minimum absolute atomic E-state index is 0.108. The zero-order chi connectivity index (χ0) is 24.5. The quantitative estimate of drug-likeness (QED) is 0.190. The van der Waals surface area contributed by atoms with Crippen molar-refractivity contribution in [1.29, 1.82) is 0 Å². The van der Waals surface area contributed by atoms with Crippen molar-refractivity contribution in [1.82, 2.24) is 14.8 Å². The van der Waals surface area contributed by atoms with Gasteiger partial charge in [-0.1, -0.05) is 37.7 Å². The van der Waals surface area contributed by atoms with Crippen LogP contribution in [0.1, 0.15) is 41.8 Å². The average molecular weight is 484 g/mol. The number of aromatic nitrogens is 3. The Morgan fingerprint density at radius 1 is 0.971 bits per heavy atom. The zero-order valence-electron chi connectivity index (χ0n) is 20.6. The fourth-order valence-corrected chi connectivity index (χ4v) is 4.62. The Morgan fingerprint density at radius 3 is 2.44 bits per heavy atom. The molecule has 0 aliphatic carbocycles. The Morgan fingerprint density at radius 2 is 1.76 bits per heavy atom. The van der Waals surface area contributed by atoms with Crippen LogP contribution >= 0.6 is 11.8 Å². The van der Waals surface area contributed by atoms with Gasteiger partial charge in [-0.05, 0) is 54.7 Å². The molecule has 34 heavy (non-hydrogen) atoms. The van der Waals surface area contributed by atoms with Gasteiger partial charge in [0.2, 0.25) is 0 Å². The van der Waals surface area contributed by atoms with E-state index in [0.29, 0.717) is 41.4 Å². The van der Waals surface area contributed by atoms with Gasteiger partial charge in [0.25, 0.3) is 0 Å². The molecule has 0 aliphatic rings. The summed E-state index contributed by atoms with van der Waals surface area (Å²) in [5.74, 6) is 2.40. The molecule has 0 saturated heterocycles. The van der Waals surface area contributed by atoms with Gasteiger partial charge in [0.15, 0.2) is 28.3 Å². The molecule has 3 rings (SSSR count). The van der Waals surface area contributed by atoms with Gasteiger partial charge in [0.1, 0.15) is 0 Å². The Balaban J connectivity index is 1.87. The number of aryl methyl sites for hydroxylation is 2. The van der Waals surface area contributed by atoms with Crippen LogP contribution in [0.5, 0.6) is 11.5 Å². The molecule has 3 aromatic rings. The monoisotopic (exact) mass is 483 g/mol. The molecule has 1 heterocycles. The smallest absolute Gasteiger partial charge is 0.191 e. The van der Waals surface area contributed by atoms with Crippen molar-refractivity contribution in [2.24, 2.45) is 0 Å². The van der Waals surface area contributed by atoms with Crippen molar-refractivity contribution in [2.45, 2.75) is 44.8 Å². The molecule has 0 amide bonds. The van der Waals surface area contributed by atoms with E-state index in [0.717, 1.165) is 36.0 Å². The van der Waals surface area contributed by atoms with Crippen molar-refractivity contribution >= 4 is 17.5 Å². The maximum atomic E-state index is 13.1. The summed E-state index contributed by atoms with van der Waals surface area (Å²) in [4.78, 5) is 13.1. The number of carbonyl (C=O) groups excluding carboxylic acids is 1. The van der Waals surface area contributed by atoms with Crippen LogP contribution in [0.2, 0.25) is 0 Å². The summed E-state index contributed by atoms with van der Waals surface area (Å²) in [7, 11) is 4.90. The van der Waals surface area contributed by atoms with Gasteiger partial charge in [-0.25, -0.2) is 0 Å². The summed E-state index contributed by atoms with van der Waals surface area (Å²) in [5.41, 5.74) is 3.92. The number of ketones is 1. The second-order valence-electron chi connectivity index (χ2n) is 7.78. The molecule has 0 aliphatic heterocycles. The van der Waals surface area contributed by atoms with E-state index >= 15 is 0 Å². The molecule has 1 aromatic heterocycles. The van der Waals surface area contributed by atoms with E-state index in [1.165, 1.54) is 17.3 Å². The lowest BCUT2D eigenvalue weighted by Crippen LogP contribution is -2.09. The fourth-order valence-electron chi connectivity index (χ4n) is 3.77. The van der Waals surface area contributed by atoms with Crippen LogP contribution in [0.15, 0.2) is 41.6 Å². The van der Waals surface area contributed by atoms with Crippen LogP contribution in [0.4, 0.5) is 0 Å². The summed E-state index contributed by atoms with van der Waals surface area (Å²) < 4.78 is 18.1. The van der Waals surface area contributed by atoms with Crippen LogP contribution in [-0.4, -0.2) is 54.2 Å². The largest absolute Gasteiger partial charge is 0.493 e. The van der Waals surface area contributed by atoms with Crippen LogP contribution in [-0.2, 0) is 24.1 Å². The molecule has 0 unspecified atom stereocenters. The molecule has 0 spiro atoms. The number of methoxy groups -OCH3 is 3. The van der Waals surface area contributed by atoms with Crippen LogP contribution < -0.4 is 9.47 Å². The van der Waals surface area contributed by atoms with Gasteiger partial charge in [-0.3, -0.25) is 4.79 Å². The SMILES string of the molecule is CCc1ccc(CC)c(C(=O)CSc2nnc(-c3ccc(OC)c(OC)c3)n2CCCOC)c1. The summed E-state index contributed by atoms with van der Waals surface area (Å²) >= 11 is 1.42. The zero-order valence-corrected chi connectivity index (χ0v) is 21.4. The lowest BCUT2D eigenvalue weighted by molar-refractivity contribution is 0.102. The van der Waals surface area contributed by atoms with Crippen molar-refractivity contribution in [3.63, 3.8) is 0 Å². The predicted octanol–water partition coefficient (Wildman–Crippen LogP) is 5.10. The number of hydrogen-bond donors (Lipinski definition) is 0. The Hall–Kier alpha value is -2.84. The summed E-state index contributed by atoms with van der Waals surface area (Å²) in [6.07, 6.45) is 2.53. The van der Waals surface area contributed by atoms with Gasteiger partial charge in [0.05, 0.1) is 20.0 Å². The Labute approximate surface area is 205 Å². The van der Waals surface area contributed by atoms with E-state index in [1.54, 1.807) is 21.3 Å². The molecule has 0 fully saturated rings. The van der Waals surface area contributed by atoms with E-state index < -0.39 is 0 Å². The average Bonchev–Trinajstić information content (AvgIpc) is 3.29. The fraction of sp³-hybridized carbons (Fsp3) is 0.423. The van der Waals surface area contributed by atoms with Crippen molar-refractivity contribution in [2.75, 3.05) is 33.7 Å². The van der Waals surface area contributed by atoms with Crippen molar-refractivity contribution in [3.05, 3.63) is 53.1 Å². The summed E-state index contributed by atoms with van der Waals surface area (Å²) in [6.45, 7) is 5.47. The number of benzene rings is 2. The first kappa shape index (κ1) is 25.8. The number of ether oxygens (including phenoxy) is 3. The van der Waals surface area contributed by atoms with Gasteiger partial charge >= 0.3 is 0 Å². The minimum Gasteiger partial charge on any atom is -0.493 e. The molecule has 0 atom stereocenters. The standard InChI is InChI=1S/C26H33N3O4S/c1-6-18-9-10-19(7-2)21(15-18)22(30)17-34-26-28-27-25(29(26)13-8-14-31-3)20-11-12-23(32-4)24(16-20)33-5/h9-12,15-16H,6-8,13-14,17H2,1-5H3. The van der Waals surface area contributed by atoms with E-state index in [2.05, 4.69) is 36.2 Å². The van der Waals surface area contributed by atoms with Crippen molar-refractivity contribution in [3.8, 4) is 22.9 Å². The minimum atomic E-state index is 0.108. The molecule has 182 valence electrons. The highest BCUT2D eigenvalue weighted by Gasteiger charge is 2.19. The lowest BCUT2D eigenvalue weighted by atomic mass is 9.98. The molecule has 2 aromatic carbocycles. The molecular weight excluding hydrogens is 450 g/mol. The third kappa shape index (κ3) is 5.98. The second-order valence-corrected chi connectivity index (χ2v) is 8.73. The van der Waals surface area contributed by atoms with E-state index in [1.807, 2.05) is 28.8 Å². The molecule has 7 nitrogen and oxygen atoms in total. The topological polar surface area (TPSA) is 75.5 Å². The van der Waals surface area contributed by atoms with Gasteiger partial charge in [-0.2, -0.15) is 0 Å². The molecule has 8 heteroatoms. The third-order valence-corrected chi connectivity index (χ3v) is 6.65. The highest BCUT2D eigenvalue weighted by molar-refractivity contribution is 7.99. The first-order valence-electron chi connectivity index (χ1n) is 11.5. The second kappa shape index (κ2) is 12.6. The number of hydrogen-bond acceptors (Lipinski definition) is 7. The Bertz CT molecular complexity index is 1110. The first-order valence-corrected chi connectivity index (χ1v) is 12.5. The van der Waals surface area contributed by atoms with E-state index in [4.69, 9.17) is 14.2 Å². The van der Waals surface area contributed by atoms with Gasteiger partial charge in [-0.15, -0.1) is 10.2 Å². The number of thioether (sulfide) groups is 1. The van der Waals surface area contributed by atoms with Crippen LogP contribution in [0.25, 0.3) is 11.4 Å². The van der Waals surface area contributed by atoms with Crippen molar-refractivity contribution < 1.29 is 19.0 Å². The van der Waals surface area contributed by atoms with Gasteiger partial charge < -0.3 is 18.8 Å². The normalized spacial score (nSPS) is 11.0. The molecule has 0 bridgehead atoms. The van der Waals surface area contributed by atoms with E-state index in [9.17, 15) is 4.79 Å². The third-order valence-electron chi connectivity index (χ3n) is 5.68. The maximum Gasteiger partial charge on any atom is 0.191 e. The summed E-state index contributed by atoms with van der Waals surface area (Å²) in [6, 6.07) is 11.9. The maximum absolute atomic E-state index is 13.1. The Kier molecular flexibility index (Phi) is 9.53. The number of rotatable bonds is 13. The van der Waals surface area contributed by atoms with Gasteiger partial charge in [0, 0.05) is 31.4 Å². The lowest BCUT2D eigenvalue weighted by Gasteiger charge is -2.13. The highest BCUT2D eigenvalue weighted by atomic mass is 32.2. The highest BCUT2D eigenvalue weighted by Crippen LogP contribution is 2.33. The number of nitrogens with zero attached hydrogens (tertiary/aromatic N) is 3.